The van der Waals surface area contributed by atoms with Gasteiger partial charge in [-0.05, 0) is 43.2 Å². The maximum Gasteiger partial charge on any atom is 0.270 e. The SMILES string of the molecule is C=CCN1C(=O)/C(=C/c2c(C)c(C#N)c(=O)n(CCCC)c2N2CC(C)CC(C)C2)SC1=S. The fraction of sp³-hybridized carbons (Fsp3) is 0.520. The quantitative estimate of drug-likeness (QED) is 0.317. The smallest absolute Gasteiger partial charge is 0.270 e. The summed E-state index contributed by atoms with van der Waals surface area (Å²) in [7, 11) is 0. The van der Waals surface area contributed by atoms with Crippen LogP contribution < -0.4 is 10.5 Å². The third-order valence-corrected chi connectivity index (χ3v) is 7.59. The molecule has 0 spiro atoms. The summed E-state index contributed by atoms with van der Waals surface area (Å²) in [6, 6.07) is 2.12. The summed E-state index contributed by atoms with van der Waals surface area (Å²) in [6.45, 7) is 14.6. The molecule has 8 heteroatoms. The lowest BCUT2D eigenvalue weighted by molar-refractivity contribution is -0.121. The minimum absolute atomic E-state index is 0.140. The largest absolute Gasteiger partial charge is 0.357 e. The van der Waals surface area contributed by atoms with Crippen LogP contribution in [0.4, 0.5) is 5.82 Å². The number of thioether (sulfide) groups is 1. The molecule has 2 unspecified atom stereocenters. The van der Waals surface area contributed by atoms with Crippen LogP contribution in [0.25, 0.3) is 6.08 Å². The van der Waals surface area contributed by atoms with Crippen LogP contribution in [0.5, 0.6) is 0 Å². The fourth-order valence-corrected chi connectivity index (χ4v) is 6.02. The van der Waals surface area contributed by atoms with E-state index in [4.69, 9.17) is 12.2 Å². The van der Waals surface area contributed by atoms with Gasteiger partial charge in [0, 0.05) is 31.7 Å². The van der Waals surface area contributed by atoms with E-state index in [0.717, 1.165) is 43.7 Å². The van der Waals surface area contributed by atoms with Gasteiger partial charge in [-0.3, -0.25) is 19.1 Å². The summed E-state index contributed by atoms with van der Waals surface area (Å²) in [6.07, 6.45) is 6.39. The summed E-state index contributed by atoms with van der Waals surface area (Å²) < 4.78 is 2.25. The van der Waals surface area contributed by atoms with Gasteiger partial charge in [0.15, 0.2) is 0 Å². The molecule has 1 aromatic rings. The highest BCUT2D eigenvalue weighted by molar-refractivity contribution is 8.26. The monoisotopic (exact) mass is 484 g/mol. The Hall–Kier alpha value is -2.37. The molecule has 3 rings (SSSR count). The number of piperidine rings is 1. The number of pyridine rings is 1. The summed E-state index contributed by atoms with van der Waals surface area (Å²) in [5.41, 5.74) is 1.27. The highest BCUT2D eigenvalue weighted by Gasteiger charge is 2.33. The highest BCUT2D eigenvalue weighted by Crippen LogP contribution is 2.37. The second-order valence-corrected chi connectivity index (χ2v) is 10.8. The number of anilines is 1. The molecule has 1 aromatic heterocycles. The first-order valence-electron chi connectivity index (χ1n) is 11.5. The van der Waals surface area contributed by atoms with Gasteiger partial charge in [-0.25, -0.2) is 0 Å². The van der Waals surface area contributed by atoms with Gasteiger partial charge in [-0.15, -0.1) is 6.58 Å². The van der Waals surface area contributed by atoms with E-state index in [1.54, 1.807) is 17.6 Å². The van der Waals surface area contributed by atoms with Gasteiger partial charge in [-0.2, -0.15) is 5.26 Å². The van der Waals surface area contributed by atoms with Crippen LogP contribution in [0.3, 0.4) is 0 Å². The number of carbonyl (C=O) groups is 1. The summed E-state index contributed by atoms with van der Waals surface area (Å²) in [5.74, 6) is 1.62. The molecular weight excluding hydrogens is 452 g/mol. The Morgan fingerprint density at radius 1 is 1.27 bits per heavy atom. The lowest BCUT2D eigenvalue weighted by atomic mass is 9.91. The molecule has 0 aliphatic carbocycles. The number of nitriles is 1. The Morgan fingerprint density at radius 2 is 1.94 bits per heavy atom. The van der Waals surface area contributed by atoms with Crippen molar-refractivity contribution in [1.82, 2.24) is 9.47 Å². The first-order chi connectivity index (χ1) is 15.7. The van der Waals surface area contributed by atoms with Crippen molar-refractivity contribution in [3.05, 3.63) is 44.6 Å². The maximum atomic E-state index is 13.4. The van der Waals surface area contributed by atoms with Crippen molar-refractivity contribution in [3.63, 3.8) is 0 Å². The van der Waals surface area contributed by atoms with Crippen LogP contribution in [-0.2, 0) is 11.3 Å². The second-order valence-electron chi connectivity index (χ2n) is 9.09. The van der Waals surface area contributed by atoms with E-state index in [0.29, 0.717) is 39.7 Å². The number of hydrogen-bond acceptors (Lipinski definition) is 6. The van der Waals surface area contributed by atoms with Crippen molar-refractivity contribution < 1.29 is 4.79 Å². The first-order valence-corrected chi connectivity index (χ1v) is 12.7. The van der Waals surface area contributed by atoms with Crippen LogP contribution >= 0.6 is 24.0 Å². The van der Waals surface area contributed by atoms with Gasteiger partial charge in [0.1, 0.15) is 21.8 Å². The fourth-order valence-electron chi connectivity index (χ4n) is 4.76. The first kappa shape index (κ1) is 25.3. The summed E-state index contributed by atoms with van der Waals surface area (Å²) >= 11 is 6.67. The minimum atomic E-state index is -0.249. The van der Waals surface area contributed by atoms with Crippen molar-refractivity contribution in [3.8, 4) is 6.07 Å². The van der Waals surface area contributed by atoms with Crippen LogP contribution in [0.2, 0.25) is 0 Å². The lowest BCUT2D eigenvalue weighted by Crippen LogP contribution is -2.43. The number of carbonyl (C=O) groups excluding carboxylic acids is 1. The number of nitrogens with zero attached hydrogens (tertiary/aromatic N) is 4. The van der Waals surface area contributed by atoms with Crippen molar-refractivity contribution in [1.29, 1.82) is 5.26 Å². The van der Waals surface area contributed by atoms with E-state index < -0.39 is 0 Å². The molecule has 2 aliphatic heterocycles. The zero-order valence-electron chi connectivity index (χ0n) is 19.9. The molecule has 33 heavy (non-hydrogen) atoms. The topological polar surface area (TPSA) is 69.3 Å². The molecule has 3 heterocycles. The predicted octanol–water partition coefficient (Wildman–Crippen LogP) is 4.70. The minimum Gasteiger partial charge on any atom is -0.357 e. The van der Waals surface area contributed by atoms with Gasteiger partial charge in [0.05, 0.1) is 4.91 Å². The third kappa shape index (κ3) is 5.10. The normalized spacial score (nSPS) is 22.2. The van der Waals surface area contributed by atoms with Crippen molar-refractivity contribution in [2.75, 3.05) is 24.5 Å². The Kier molecular flexibility index (Phi) is 8.19. The summed E-state index contributed by atoms with van der Waals surface area (Å²) in [5, 5.41) is 9.82. The van der Waals surface area contributed by atoms with Gasteiger partial charge >= 0.3 is 0 Å². The number of hydrogen-bond donors (Lipinski definition) is 0. The van der Waals surface area contributed by atoms with Crippen molar-refractivity contribution in [2.24, 2.45) is 11.8 Å². The van der Waals surface area contributed by atoms with E-state index in [-0.39, 0.29) is 17.0 Å². The molecule has 2 atom stereocenters. The molecular formula is C25H32N4O2S2. The van der Waals surface area contributed by atoms with E-state index in [1.807, 2.05) is 6.08 Å². The van der Waals surface area contributed by atoms with E-state index >= 15 is 0 Å². The molecule has 2 aliphatic rings. The van der Waals surface area contributed by atoms with Crippen LogP contribution in [-0.4, -0.2) is 39.3 Å². The van der Waals surface area contributed by atoms with Crippen LogP contribution in [0, 0.1) is 30.1 Å². The molecule has 1 amide bonds. The van der Waals surface area contributed by atoms with Crippen molar-refractivity contribution >= 4 is 46.1 Å². The summed E-state index contributed by atoms with van der Waals surface area (Å²) in [4.78, 5) is 30.7. The molecule has 176 valence electrons. The maximum absolute atomic E-state index is 13.4. The standard InChI is InChI=1S/C25H32N4O2S2/c1-6-8-10-28-22(27-14-16(3)11-17(4)15-27)19(18(5)20(13-26)23(28)30)12-21-24(31)29(9-7-2)25(32)33-21/h7,12,16-17H,2,6,8-11,14-15H2,1,3-5H3/b21-12-. The molecule has 0 N–H and O–H groups in total. The zero-order chi connectivity index (χ0) is 24.3. The molecule has 0 saturated carbocycles. The zero-order valence-corrected chi connectivity index (χ0v) is 21.5. The molecule has 0 radical (unpaired) electrons. The average Bonchev–Trinajstić information content (AvgIpc) is 3.02. The predicted molar refractivity (Wildman–Crippen MR) is 140 cm³/mol. The second kappa shape index (κ2) is 10.7. The van der Waals surface area contributed by atoms with E-state index in [1.165, 1.54) is 16.7 Å². The van der Waals surface area contributed by atoms with Gasteiger partial charge in [-0.1, -0.05) is 57.2 Å². The Labute approximate surface area is 205 Å². The number of amides is 1. The Bertz CT molecular complexity index is 1090. The third-order valence-electron chi connectivity index (χ3n) is 6.21. The van der Waals surface area contributed by atoms with E-state index in [9.17, 15) is 14.9 Å². The average molecular weight is 485 g/mol. The van der Waals surface area contributed by atoms with E-state index in [2.05, 4.69) is 38.3 Å². The Balaban J connectivity index is 2.26. The van der Waals surface area contributed by atoms with Crippen LogP contribution in [0.15, 0.2) is 22.4 Å². The molecule has 0 aromatic carbocycles. The number of unbranched alkanes of at least 4 members (excludes halogenated alkanes) is 1. The molecule has 6 nitrogen and oxygen atoms in total. The molecule has 0 bridgehead atoms. The molecule has 2 saturated heterocycles. The Morgan fingerprint density at radius 3 is 2.52 bits per heavy atom. The van der Waals surface area contributed by atoms with Gasteiger partial charge < -0.3 is 4.90 Å². The molecule has 2 fully saturated rings. The lowest BCUT2D eigenvalue weighted by Gasteiger charge is -2.39. The highest BCUT2D eigenvalue weighted by atomic mass is 32.2. The van der Waals surface area contributed by atoms with Gasteiger partial charge in [0.25, 0.3) is 11.5 Å². The van der Waals surface area contributed by atoms with Crippen molar-refractivity contribution in [2.45, 2.75) is 53.5 Å². The number of thiocarbonyl (C=S) groups is 1. The number of aromatic nitrogens is 1. The number of rotatable bonds is 7. The van der Waals surface area contributed by atoms with Crippen LogP contribution in [0.1, 0.15) is 56.7 Å². The van der Waals surface area contributed by atoms with Gasteiger partial charge in [0.2, 0.25) is 0 Å².